The Hall–Kier alpha value is -3.24. The summed E-state index contributed by atoms with van der Waals surface area (Å²) in [5.74, 6) is 1.27. The first-order chi connectivity index (χ1) is 15.0. The van der Waals surface area contributed by atoms with Crippen LogP contribution < -0.4 is 16.0 Å². The summed E-state index contributed by atoms with van der Waals surface area (Å²) in [6.07, 6.45) is -3.57. The fourth-order valence-electron chi connectivity index (χ4n) is 3.52. The highest BCUT2D eigenvalue weighted by atomic mass is 16.6. The maximum atomic E-state index is 12.4. The molecule has 0 amide bonds. The topological polar surface area (TPSA) is 134 Å². The van der Waals surface area contributed by atoms with Crippen molar-refractivity contribution in [2.45, 2.75) is 31.0 Å². The molecule has 1 aliphatic rings. The lowest BCUT2D eigenvalue weighted by molar-refractivity contribution is -0.0551. The van der Waals surface area contributed by atoms with Gasteiger partial charge >= 0.3 is 5.69 Å². The third-order valence-corrected chi connectivity index (χ3v) is 5.10. The molecule has 0 saturated carbocycles. The zero-order valence-corrected chi connectivity index (χ0v) is 16.4. The highest BCUT2D eigenvalue weighted by Crippen LogP contribution is 2.28. The van der Waals surface area contributed by atoms with E-state index in [4.69, 9.17) is 9.47 Å². The Bertz CT molecular complexity index is 1160. The molecule has 1 aliphatic heterocycles. The van der Waals surface area contributed by atoms with Gasteiger partial charge in [-0.3, -0.25) is 14.3 Å². The average molecular weight is 426 g/mol. The summed E-state index contributed by atoms with van der Waals surface area (Å²) < 4.78 is 12.2. The maximum absolute atomic E-state index is 12.4. The number of aromatic amines is 1. The van der Waals surface area contributed by atoms with E-state index >= 15 is 0 Å². The molecule has 0 aliphatic carbocycles. The molecule has 1 aromatic heterocycles. The monoisotopic (exact) mass is 426 g/mol. The molecule has 1 fully saturated rings. The summed E-state index contributed by atoms with van der Waals surface area (Å²) in [6.45, 7) is -0.520. The first-order valence-electron chi connectivity index (χ1n) is 9.75. The second-order valence-corrected chi connectivity index (χ2v) is 7.29. The number of benzene rings is 2. The van der Waals surface area contributed by atoms with Gasteiger partial charge in [-0.25, -0.2) is 4.79 Å². The van der Waals surface area contributed by atoms with Crippen molar-refractivity contribution in [3.05, 3.63) is 92.8 Å². The van der Waals surface area contributed by atoms with Crippen LogP contribution in [0.3, 0.4) is 0 Å². The molecule has 1 saturated heterocycles. The Morgan fingerprint density at radius 1 is 1.00 bits per heavy atom. The number of aliphatic hydroxyl groups is 3. The molecule has 162 valence electrons. The summed E-state index contributed by atoms with van der Waals surface area (Å²) >= 11 is 0. The number of hydrogen-bond acceptors (Lipinski definition) is 7. The number of rotatable bonds is 6. The lowest BCUT2D eigenvalue weighted by atomic mass is 10.1. The van der Waals surface area contributed by atoms with Crippen molar-refractivity contribution in [2.24, 2.45) is 0 Å². The van der Waals surface area contributed by atoms with Gasteiger partial charge in [0.25, 0.3) is 5.56 Å². The van der Waals surface area contributed by atoms with Gasteiger partial charge in [0.05, 0.1) is 6.61 Å². The number of aliphatic hydroxyl groups excluding tert-OH is 3. The third kappa shape index (κ3) is 4.44. The molecular formula is C22H22N2O7. The first kappa shape index (κ1) is 21.0. The Kier molecular flexibility index (Phi) is 6.01. The number of para-hydroxylation sites is 1. The van der Waals surface area contributed by atoms with E-state index in [0.717, 1.165) is 10.1 Å². The van der Waals surface area contributed by atoms with E-state index in [1.165, 1.54) is 6.20 Å². The number of ether oxygens (including phenoxy) is 2. The predicted octanol–water partition coefficient (Wildman–Crippen LogP) is 0.531. The standard InChI is InChI=1S/C22H22N2O7/c25-12-17-18(26)19(27)21(31-17)24-11-14(20(28)23-22(24)29)9-13-5-4-8-16(10-13)30-15-6-2-1-3-7-15/h1-8,10-11,17-19,21,25-27H,9,12H2,(H,23,28,29)/t17-,18-,19+,21-/m1/s1. The van der Waals surface area contributed by atoms with Crippen LogP contribution in [0, 0.1) is 0 Å². The van der Waals surface area contributed by atoms with Crippen LogP contribution in [0.1, 0.15) is 17.4 Å². The molecule has 2 aromatic carbocycles. The number of H-pyrrole nitrogens is 1. The summed E-state index contributed by atoms with van der Waals surface area (Å²) in [5, 5.41) is 29.4. The SMILES string of the molecule is O=c1[nH]c(=O)n([C@@H]2O[C@H](CO)[C@@H](O)[C@@H]2O)cc1Cc1cccc(Oc2ccccc2)c1. The minimum atomic E-state index is -1.43. The molecule has 4 rings (SSSR count). The molecular weight excluding hydrogens is 404 g/mol. The van der Waals surface area contributed by atoms with Crippen molar-refractivity contribution in [3.63, 3.8) is 0 Å². The predicted molar refractivity (Wildman–Crippen MR) is 110 cm³/mol. The van der Waals surface area contributed by atoms with E-state index in [1.807, 2.05) is 36.4 Å². The van der Waals surface area contributed by atoms with Crippen molar-refractivity contribution in [3.8, 4) is 11.5 Å². The minimum Gasteiger partial charge on any atom is -0.457 e. The van der Waals surface area contributed by atoms with Gasteiger partial charge in [0.15, 0.2) is 6.23 Å². The van der Waals surface area contributed by atoms with Crippen LogP contribution in [0.5, 0.6) is 11.5 Å². The minimum absolute atomic E-state index is 0.191. The van der Waals surface area contributed by atoms with Crippen molar-refractivity contribution in [1.29, 1.82) is 0 Å². The quantitative estimate of drug-likeness (QED) is 0.452. The van der Waals surface area contributed by atoms with Crippen LogP contribution in [-0.2, 0) is 11.2 Å². The molecule has 3 aromatic rings. The van der Waals surface area contributed by atoms with Gasteiger partial charge in [-0.05, 0) is 29.8 Å². The molecule has 0 bridgehead atoms. The van der Waals surface area contributed by atoms with Crippen LogP contribution in [0.25, 0.3) is 0 Å². The zero-order chi connectivity index (χ0) is 22.0. The van der Waals surface area contributed by atoms with Crippen LogP contribution in [0.15, 0.2) is 70.4 Å². The zero-order valence-electron chi connectivity index (χ0n) is 16.4. The summed E-state index contributed by atoms with van der Waals surface area (Å²) in [5.41, 5.74) is -0.327. The molecule has 4 N–H and O–H groups in total. The molecule has 0 spiro atoms. The Labute approximate surface area is 176 Å². The number of hydrogen-bond donors (Lipinski definition) is 4. The normalized spacial score (nSPS) is 23.1. The lowest BCUT2D eigenvalue weighted by Crippen LogP contribution is -2.39. The second-order valence-electron chi connectivity index (χ2n) is 7.29. The van der Waals surface area contributed by atoms with Gasteiger partial charge in [0.2, 0.25) is 0 Å². The molecule has 2 heterocycles. The largest absolute Gasteiger partial charge is 0.457 e. The summed E-state index contributed by atoms with van der Waals surface area (Å²) in [7, 11) is 0. The van der Waals surface area contributed by atoms with Crippen molar-refractivity contribution in [1.82, 2.24) is 9.55 Å². The second kappa shape index (κ2) is 8.86. The van der Waals surface area contributed by atoms with Crippen molar-refractivity contribution < 1.29 is 24.8 Å². The van der Waals surface area contributed by atoms with E-state index in [-0.39, 0.29) is 12.0 Å². The Morgan fingerprint density at radius 3 is 2.45 bits per heavy atom. The lowest BCUT2D eigenvalue weighted by Gasteiger charge is -2.18. The van der Waals surface area contributed by atoms with Crippen molar-refractivity contribution >= 4 is 0 Å². The fourth-order valence-corrected chi connectivity index (χ4v) is 3.52. The van der Waals surface area contributed by atoms with Gasteiger partial charge in [0, 0.05) is 18.2 Å². The van der Waals surface area contributed by atoms with Crippen LogP contribution >= 0.6 is 0 Å². The summed E-state index contributed by atoms with van der Waals surface area (Å²) in [4.78, 5) is 26.9. The molecule has 0 radical (unpaired) electrons. The maximum Gasteiger partial charge on any atom is 0.330 e. The van der Waals surface area contributed by atoms with Gasteiger partial charge in [-0.2, -0.15) is 0 Å². The Morgan fingerprint density at radius 2 is 1.74 bits per heavy atom. The van der Waals surface area contributed by atoms with Crippen LogP contribution in [0.2, 0.25) is 0 Å². The summed E-state index contributed by atoms with van der Waals surface area (Å²) in [6, 6.07) is 16.5. The van der Waals surface area contributed by atoms with E-state index in [9.17, 15) is 24.9 Å². The van der Waals surface area contributed by atoms with Crippen LogP contribution in [0.4, 0.5) is 0 Å². The number of nitrogens with zero attached hydrogens (tertiary/aromatic N) is 1. The van der Waals surface area contributed by atoms with Crippen molar-refractivity contribution in [2.75, 3.05) is 6.61 Å². The average Bonchev–Trinajstić information content (AvgIpc) is 3.05. The molecule has 9 nitrogen and oxygen atoms in total. The smallest absolute Gasteiger partial charge is 0.330 e. The molecule has 9 heteroatoms. The Balaban J connectivity index is 1.60. The molecule has 4 atom stereocenters. The number of aromatic nitrogens is 2. The van der Waals surface area contributed by atoms with Gasteiger partial charge in [-0.1, -0.05) is 30.3 Å². The molecule has 0 unspecified atom stereocenters. The highest BCUT2D eigenvalue weighted by molar-refractivity contribution is 5.35. The van der Waals surface area contributed by atoms with Gasteiger partial charge < -0.3 is 24.8 Å². The van der Waals surface area contributed by atoms with E-state index in [2.05, 4.69) is 4.98 Å². The highest BCUT2D eigenvalue weighted by Gasteiger charge is 2.43. The third-order valence-electron chi connectivity index (χ3n) is 5.10. The molecule has 31 heavy (non-hydrogen) atoms. The van der Waals surface area contributed by atoms with Gasteiger partial charge in [0.1, 0.15) is 29.8 Å². The van der Waals surface area contributed by atoms with E-state index < -0.39 is 42.4 Å². The van der Waals surface area contributed by atoms with Gasteiger partial charge in [-0.15, -0.1) is 0 Å². The first-order valence-corrected chi connectivity index (χ1v) is 9.75. The fraction of sp³-hybridized carbons (Fsp3) is 0.273. The number of nitrogens with one attached hydrogen (secondary N) is 1. The van der Waals surface area contributed by atoms with Crippen LogP contribution in [-0.4, -0.2) is 49.8 Å². The van der Waals surface area contributed by atoms with E-state index in [0.29, 0.717) is 11.5 Å². The van der Waals surface area contributed by atoms with E-state index in [1.54, 1.807) is 18.2 Å².